The van der Waals surface area contributed by atoms with Crippen LogP contribution in [0.1, 0.15) is 31.2 Å². The molecule has 1 aromatic carbocycles. The molecule has 0 bridgehead atoms. The molecule has 1 aromatic heterocycles. The van der Waals surface area contributed by atoms with Gasteiger partial charge in [-0.1, -0.05) is 34.2 Å². The molecule has 0 spiro atoms. The van der Waals surface area contributed by atoms with Crippen LogP contribution in [0.5, 0.6) is 0 Å². The number of hydrogen-bond donors (Lipinski definition) is 1. The molecule has 3 heterocycles. The lowest BCUT2D eigenvalue weighted by atomic mass is 10.1. The summed E-state index contributed by atoms with van der Waals surface area (Å²) in [5, 5.41) is 10.7. The first-order valence-electron chi connectivity index (χ1n) is 11.7. The molecule has 0 radical (unpaired) electrons. The number of carboxylic acids is 1. The first kappa shape index (κ1) is 27.9. The molecule has 2 aliphatic heterocycles. The summed E-state index contributed by atoms with van der Waals surface area (Å²) in [5.74, 6) is -0.448. The fourth-order valence-electron chi connectivity index (χ4n) is 4.54. The summed E-state index contributed by atoms with van der Waals surface area (Å²) in [7, 11) is -2.35. The standard InChI is InChI=1S/C24H27BrClN3O6S2/c1-3-15(11-22-29(14-23(30)31)17-12-16(25)6-7-19(17)36-22)10-21-27(2)24-18(13-20(26)35-24)28(21)8-4-5-9-37(32,33)34/h6-7,10-13,18,24H,3-5,8-9,14H2,1-2H3,(H-,30,31,32,33,34). The van der Waals surface area contributed by atoms with E-state index in [4.69, 9.17) is 16.3 Å². The second kappa shape index (κ2) is 11.3. The Kier molecular flexibility index (Phi) is 8.54. The van der Waals surface area contributed by atoms with Crippen LogP contribution in [0.3, 0.4) is 0 Å². The molecular formula is C24H27BrClN3O6S2. The number of thiazole rings is 1. The van der Waals surface area contributed by atoms with E-state index in [1.54, 1.807) is 4.57 Å². The Labute approximate surface area is 233 Å². The minimum Gasteiger partial charge on any atom is -0.748 e. The number of fused-ring (bicyclic) bond motifs is 2. The van der Waals surface area contributed by atoms with Crippen LogP contribution in [0.2, 0.25) is 0 Å². The number of carboxylic acid groups (broad SMARTS) is 1. The van der Waals surface area contributed by atoms with Gasteiger partial charge in [0.15, 0.2) is 11.4 Å². The van der Waals surface area contributed by atoms with Crippen molar-refractivity contribution in [3.63, 3.8) is 0 Å². The van der Waals surface area contributed by atoms with Crippen molar-refractivity contribution in [2.45, 2.75) is 45.0 Å². The predicted molar refractivity (Wildman–Crippen MR) is 145 cm³/mol. The maximum absolute atomic E-state index is 11.6. The zero-order valence-corrected chi connectivity index (χ0v) is 24.2. The van der Waals surface area contributed by atoms with Gasteiger partial charge in [0.05, 0.1) is 10.1 Å². The monoisotopic (exact) mass is 631 g/mol. The van der Waals surface area contributed by atoms with Crippen LogP contribution in [-0.4, -0.2) is 65.5 Å². The van der Waals surface area contributed by atoms with E-state index in [0.717, 1.165) is 31.1 Å². The Balaban J connectivity index is 1.69. The fraction of sp³-hybridized carbons (Fsp3) is 0.417. The van der Waals surface area contributed by atoms with Crippen LogP contribution in [0, 0.1) is 0 Å². The first-order chi connectivity index (χ1) is 17.5. The summed E-state index contributed by atoms with van der Waals surface area (Å²) in [6, 6.07) is 5.66. The Bertz CT molecular complexity index is 1400. The molecule has 2 atom stereocenters. The smallest absolute Gasteiger partial charge is 0.370 e. The van der Waals surface area contributed by atoms with Gasteiger partial charge < -0.3 is 24.2 Å². The van der Waals surface area contributed by atoms with Crippen LogP contribution in [-0.2, 0) is 26.2 Å². The van der Waals surface area contributed by atoms with E-state index < -0.39 is 21.8 Å². The van der Waals surface area contributed by atoms with Gasteiger partial charge in [0.2, 0.25) is 12.1 Å². The van der Waals surface area contributed by atoms with E-state index >= 15 is 0 Å². The Morgan fingerprint density at radius 1 is 1.38 bits per heavy atom. The number of hydrogen-bond acceptors (Lipinski definition) is 8. The van der Waals surface area contributed by atoms with Crippen molar-refractivity contribution in [1.29, 1.82) is 0 Å². The lowest BCUT2D eigenvalue weighted by Crippen LogP contribution is -2.39. The lowest BCUT2D eigenvalue weighted by molar-refractivity contribution is -0.657. The number of aliphatic carboxylic acids is 1. The van der Waals surface area contributed by atoms with Crippen LogP contribution in [0.4, 0.5) is 0 Å². The Hall–Kier alpha value is -2.12. The molecular weight excluding hydrogens is 606 g/mol. The fourth-order valence-corrected chi connectivity index (χ4v) is 6.78. The molecule has 9 nitrogen and oxygen atoms in total. The third kappa shape index (κ3) is 6.48. The normalized spacial score (nSPS) is 21.1. The highest BCUT2D eigenvalue weighted by atomic mass is 79.9. The molecule has 0 aliphatic carbocycles. The summed E-state index contributed by atoms with van der Waals surface area (Å²) < 4.78 is 42.5. The average Bonchev–Trinajstić information content (AvgIpc) is 3.42. The lowest BCUT2D eigenvalue weighted by Gasteiger charge is -2.25. The van der Waals surface area contributed by atoms with Gasteiger partial charge in [0.1, 0.15) is 16.6 Å². The highest BCUT2D eigenvalue weighted by Gasteiger charge is 2.45. The van der Waals surface area contributed by atoms with E-state index in [1.807, 2.05) is 55.3 Å². The van der Waals surface area contributed by atoms with E-state index in [9.17, 15) is 22.9 Å². The average molecular weight is 633 g/mol. The van der Waals surface area contributed by atoms with Gasteiger partial charge in [-0.05, 0) is 60.7 Å². The second-order valence-electron chi connectivity index (χ2n) is 8.85. The van der Waals surface area contributed by atoms with Crippen molar-refractivity contribution in [3.05, 3.63) is 56.4 Å². The number of allylic oxidation sites excluding steroid dienone is 2. The summed E-state index contributed by atoms with van der Waals surface area (Å²) in [6.45, 7) is 2.39. The molecule has 1 fully saturated rings. The predicted octanol–water partition coefficient (Wildman–Crippen LogP) is 4.05. The van der Waals surface area contributed by atoms with E-state index in [0.29, 0.717) is 24.6 Å². The molecule has 1 saturated heterocycles. The molecule has 1 N–H and O–H groups in total. The third-order valence-electron chi connectivity index (χ3n) is 6.29. The SMILES string of the molecule is CCC(=Cc1sc2ccc(Br)cc2[n+]1CC(=O)O)C=C1N(C)C2OC(Cl)=CC2N1CCCCS(=O)(=O)[O-]. The number of carbonyl (C=O) groups is 1. The molecule has 2 unspecified atom stereocenters. The van der Waals surface area contributed by atoms with Gasteiger partial charge in [0.25, 0.3) is 5.01 Å². The van der Waals surface area contributed by atoms with Gasteiger partial charge in [0, 0.05) is 36.0 Å². The summed E-state index contributed by atoms with van der Waals surface area (Å²) in [5.41, 5.74) is 1.82. The molecule has 13 heteroatoms. The van der Waals surface area contributed by atoms with Crippen LogP contribution in [0.25, 0.3) is 16.3 Å². The molecule has 4 rings (SSSR count). The topological polar surface area (TPSA) is 114 Å². The summed E-state index contributed by atoms with van der Waals surface area (Å²) in [4.78, 5) is 15.7. The minimum absolute atomic E-state index is 0.149. The van der Waals surface area contributed by atoms with E-state index in [2.05, 4.69) is 20.8 Å². The molecule has 2 aromatic rings. The van der Waals surface area contributed by atoms with Crippen molar-refractivity contribution in [3.8, 4) is 0 Å². The number of unbranched alkanes of at least 4 members (excludes halogenated alkanes) is 1. The molecule has 37 heavy (non-hydrogen) atoms. The minimum atomic E-state index is -4.26. The highest BCUT2D eigenvalue weighted by Crippen LogP contribution is 2.38. The molecule has 2 aliphatic rings. The second-order valence-corrected chi connectivity index (χ2v) is 12.7. The Morgan fingerprint density at radius 2 is 2.14 bits per heavy atom. The first-order valence-corrected chi connectivity index (χ1v) is 15.3. The molecule has 0 amide bonds. The van der Waals surface area contributed by atoms with Crippen molar-refractivity contribution < 1.29 is 32.2 Å². The molecule has 200 valence electrons. The van der Waals surface area contributed by atoms with E-state index in [1.165, 1.54) is 11.3 Å². The van der Waals surface area contributed by atoms with Crippen LogP contribution >= 0.6 is 38.9 Å². The maximum atomic E-state index is 11.6. The number of nitrogens with zero attached hydrogens (tertiary/aromatic N) is 3. The zero-order chi connectivity index (χ0) is 26.9. The van der Waals surface area contributed by atoms with Crippen molar-refractivity contribution in [1.82, 2.24) is 9.80 Å². The Morgan fingerprint density at radius 3 is 2.81 bits per heavy atom. The number of aromatic nitrogens is 1. The number of likely N-dealkylation sites (N-methyl/N-ethyl adjacent to an activating group) is 1. The number of halogens is 2. The number of benzene rings is 1. The number of rotatable bonds is 10. The maximum Gasteiger partial charge on any atom is 0.370 e. The van der Waals surface area contributed by atoms with Gasteiger partial charge in [-0.2, -0.15) is 4.57 Å². The van der Waals surface area contributed by atoms with Crippen LogP contribution in [0.15, 0.2) is 51.4 Å². The van der Waals surface area contributed by atoms with Gasteiger partial charge in [-0.25, -0.2) is 13.2 Å². The van der Waals surface area contributed by atoms with Gasteiger partial charge in [-0.3, -0.25) is 0 Å². The summed E-state index contributed by atoms with van der Waals surface area (Å²) >= 11 is 11.1. The largest absolute Gasteiger partial charge is 0.748 e. The third-order valence-corrected chi connectivity index (χ3v) is 8.89. The van der Waals surface area contributed by atoms with Crippen molar-refractivity contribution in [2.24, 2.45) is 0 Å². The van der Waals surface area contributed by atoms with Crippen LogP contribution < -0.4 is 4.57 Å². The zero-order valence-electron chi connectivity index (χ0n) is 20.3. The summed E-state index contributed by atoms with van der Waals surface area (Å²) in [6.07, 6.45) is 7.01. The van der Waals surface area contributed by atoms with Crippen molar-refractivity contribution in [2.75, 3.05) is 19.3 Å². The quantitative estimate of drug-likeness (QED) is 0.237. The highest BCUT2D eigenvalue weighted by molar-refractivity contribution is 9.10. The van der Waals surface area contributed by atoms with Crippen molar-refractivity contribution >= 4 is 71.2 Å². The molecule has 0 saturated carbocycles. The van der Waals surface area contributed by atoms with Gasteiger partial charge >= 0.3 is 5.97 Å². The van der Waals surface area contributed by atoms with E-state index in [-0.39, 0.29) is 25.2 Å². The number of ether oxygens (including phenoxy) is 1. The van der Waals surface area contributed by atoms with Gasteiger partial charge in [-0.15, -0.1) is 0 Å².